The zero-order valence-electron chi connectivity index (χ0n) is 25.5. The highest BCUT2D eigenvalue weighted by Gasteiger charge is 2.25. The third-order valence-corrected chi connectivity index (χ3v) is 7.88. The van der Waals surface area contributed by atoms with Gasteiger partial charge in [0.2, 0.25) is 5.91 Å². The third kappa shape index (κ3) is 8.36. The largest absolute Gasteiger partial charge is 0.493 e. The van der Waals surface area contributed by atoms with Gasteiger partial charge in [0.1, 0.15) is 5.75 Å². The van der Waals surface area contributed by atoms with Gasteiger partial charge in [-0.15, -0.1) is 0 Å². The molecule has 0 unspecified atom stereocenters. The first kappa shape index (κ1) is 32.4. The van der Waals surface area contributed by atoms with Crippen LogP contribution in [0.5, 0.6) is 11.5 Å². The second-order valence-corrected chi connectivity index (χ2v) is 11.3. The number of urea groups is 1. The van der Waals surface area contributed by atoms with Gasteiger partial charge in [-0.1, -0.05) is 41.9 Å². The van der Waals surface area contributed by atoms with E-state index in [9.17, 15) is 14.4 Å². The Morgan fingerprint density at radius 2 is 1.91 bits per heavy atom. The third-order valence-electron chi connectivity index (χ3n) is 7.47. The predicted octanol–water partition coefficient (Wildman–Crippen LogP) is 6.13. The van der Waals surface area contributed by atoms with E-state index in [4.69, 9.17) is 26.2 Å². The summed E-state index contributed by atoms with van der Waals surface area (Å²) in [7, 11) is 0. The maximum atomic E-state index is 13.4. The number of benzene rings is 3. The number of fused-ring (bicyclic) bond motifs is 1. The van der Waals surface area contributed by atoms with E-state index in [1.165, 1.54) is 0 Å². The van der Waals surface area contributed by atoms with Gasteiger partial charge in [0.25, 0.3) is 0 Å². The van der Waals surface area contributed by atoms with Crippen LogP contribution >= 0.6 is 11.6 Å². The molecule has 1 aromatic heterocycles. The SMILES string of the molecule is Cc1c(Cl)cccc1OCCCC(=O)N1CCCOc2c(-c3cnn(Cc4cccc(NC(=O)NCCC(=O)O)c4)c3)cccc21. The first-order valence-electron chi connectivity index (χ1n) is 15.1. The standard InChI is InChI=1S/C34H36ClN5O6/c1-23-28(35)10-4-12-30(23)45-17-5-13-31(41)40-16-6-18-46-33-27(9-3-11-29(33)40)25-20-37-39(22-25)21-24-7-2-8-26(19-24)38-34(44)36-15-14-32(42)43/h2-4,7-12,19-20,22H,5-6,13-18,21H2,1H3,(H,42,43)(H2,36,38,44). The van der Waals surface area contributed by atoms with Crippen LogP contribution in [0.3, 0.4) is 0 Å². The maximum absolute atomic E-state index is 13.4. The molecule has 0 radical (unpaired) electrons. The summed E-state index contributed by atoms with van der Waals surface area (Å²) in [5, 5.41) is 19.2. The number of aliphatic carboxylic acids is 1. The van der Waals surface area contributed by atoms with E-state index in [2.05, 4.69) is 15.7 Å². The number of rotatable bonds is 12. The highest BCUT2D eigenvalue weighted by atomic mass is 35.5. The molecular weight excluding hydrogens is 610 g/mol. The van der Waals surface area contributed by atoms with Gasteiger partial charge in [-0.3, -0.25) is 14.3 Å². The topological polar surface area (TPSA) is 135 Å². The zero-order valence-corrected chi connectivity index (χ0v) is 26.3. The molecule has 12 heteroatoms. The molecule has 2 heterocycles. The number of ether oxygens (including phenoxy) is 2. The number of hydrogen-bond donors (Lipinski definition) is 3. The lowest BCUT2D eigenvalue weighted by molar-refractivity contribution is -0.136. The molecular formula is C34H36ClN5O6. The number of hydrogen-bond acceptors (Lipinski definition) is 6. The van der Waals surface area contributed by atoms with Crippen molar-refractivity contribution in [3.8, 4) is 22.6 Å². The lowest BCUT2D eigenvalue weighted by Gasteiger charge is -2.23. The molecule has 5 rings (SSSR count). The van der Waals surface area contributed by atoms with Crippen molar-refractivity contribution in [1.82, 2.24) is 15.1 Å². The molecule has 0 saturated carbocycles. The van der Waals surface area contributed by atoms with Crippen molar-refractivity contribution < 1.29 is 29.0 Å². The van der Waals surface area contributed by atoms with Crippen molar-refractivity contribution in [2.24, 2.45) is 0 Å². The Morgan fingerprint density at radius 1 is 1.09 bits per heavy atom. The van der Waals surface area contributed by atoms with Crippen LogP contribution in [0, 0.1) is 6.92 Å². The van der Waals surface area contributed by atoms with E-state index in [0.29, 0.717) is 62.0 Å². The van der Waals surface area contributed by atoms with E-state index in [1.807, 2.05) is 67.7 Å². The Kier molecular flexibility index (Phi) is 10.8. The quantitative estimate of drug-likeness (QED) is 0.158. The average Bonchev–Trinajstić information content (AvgIpc) is 3.37. The van der Waals surface area contributed by atoms with E-state index in [0.717, 1.165) is 33.7 Å². The summed E-state index contributed by atoms with van der Waals surface area (Å²) in [5.41, 5.74) is 4.80. The van der Waals surface area contributed by atoms with Crippen LogP contribution in [-0.4, -0.2) is 59.1 Å². The van der Waals surface area contributed by atoms with Crippen molar-refractivity contribution >= 4 is 40.9 Å². The molecule has 3 amide bonds. The smallest absolute Gasteiger partial charge is 0.319 e. The number of nitrogens with one attached hydrogen (secondary N) is 2. The van der Waals surface area contributed by atoms with Crippen molar-refractivity contribution in [2.75, 3.05) is 36.5 Å². The number of carbonyl (C=O) groups excluding carboxylic acids is 2. The van der Waals surface area contributed by atoms with Crippen LogP contribution < -0.4 is 25.0 Å². The van der Waals surface area contributed by atoms with Crippen LogP contribution in [-0.2, 0) is 16.1 Å². The van der Waals surface area contributed by atoms with Crippen molar-refractivity contribution in [1.29, 1.82) is 0 Å². The number of halogens is 1. The van der Waals surface area contributed by atoms with Gasteiger partial charge in [0, 0.05) is 53.1 Å². The van der Waals surface area contributed by atoms with Crippen molar-refractivity contribution in [3.63, 3.8) is 0 Å². The van der Waals surface area contributed by atoms with Gasteiger partial charge >= 0.3 is 12.0 Å². The summed E-state index contributed by atoms with van der Waals surface area (Å²) in [6.07, 6.45) is 5.14. The summed E-state index contributed by atoms with van der Waals surface area (Å²) >= 11 is 6.19. The lowest BCUT2D eigenvalue weighted by atomic mass is 10.1. The second-order valence-electron chi connectivity index (χ2n) is 10.9. The molecule has 0 saturated heterocycles. The highest BCUT2D eigenvalue weighted by Crippen LogP contribution is 2.40. The predicted molar refractivity (Wildman–Crippen MR) is 176 cm³/mol. The van der Waals surface area contributed by atoms with E-state index < -0.39 is 12.0 Å². The van der Waals surface area contributed by atoms with Crippen LogP contribution in [0.4, 0.5) is 16.2 Å². The summed E-state index contributed by atoms with van der Waals surface area (Å²) < 4.78 is 13.9. The molecule has 3 aromatic carbocycles. The zero-order chi connectivity index (χ0) is 32.5. The number of aromatic nitrogens is 2. The summed E-state index contributed by atoms with van der Waals surface area (Å²) in [4.78, 5) is 38.0. The molecule has 0 bridgehead atoms. The Hall–Kier alpha value is -5.03. The van der Waals surface area contributed by atoms with Gasteiger partial charge in [-0.2, -0.15) is 5.10 Å². The monoisotopic (exact) mass is 645 g/mol. The number of para-hydroxylation sites is 1. The molecule has 4 aromatic rings. The van der Waals surface area contributed by atoms with Gasteiger partial charge in [0.15, 0.2) is 5.75 Å². The van der Waals surface area contributed by atoms with E-state index in [-0.39, 0.29) is 18.9 Å². The normalized spacial score (nSPS) is 12.4. The van der Waals surface area contributed by atoms with Crippen LogP contribution in [0.25, 0.3) is 11.1 Å². The van der Waals surface area contributed by atoms with Crippen LogP contribution in [0.15, 0.2) is 73.1 Å². The first-order chi connectivity index (χ1) is 22.3. The van der Waals surface area contributed by atoms with Gasteiger partial charge in [-0.25, -0.2) is 4.79 Å². The number of amides is 3. The molecule has 0 aliphatic carbocycles. The molecule has 46 heavy (non-hydrogen) atoms. The van der Waals surface area contributed by atoms with Gasteiger partial charge in [0.05, 0.1) is 38.1 Å². The first-order valence-corrected chi connectivity index (χ1v) is 15.5. The number of carboxylic acids is 1. The minimum atomic E-state index is -0.979. The summed E-state index contributed by atoms with van der Waals surface area (Å²) in [6, 6.07) is 18.2. The Labute approximate surface area is 272 Å². The molecule has 0 fully saturated rings. The van der Waals surface area contributed by atoms with Crippen LogP contribution in [0.2, 0.25) is 5.02 Å². The molecule has 1 aliphatic heterocycles. The Morgan fingerprint density at radius 3 is 2.76 bits per heavy atom. The average molecular weight is 646 g/mol. The fourth-order valence-corrected chi connectivity index (χ4v) is 5.33. The Balaban J connectivity index is 1.23. The number of carboxylic acid groups (broad SMARTS) is 1. The maximum Gasteiger partial charge on any atom is 0.319 e. The molecule has 0 atom stereocenters. The lowest BCUT2D eigenvalue weighted by Crippen LogP contribution is -2.31. The number of anilines is 2. The number of nitrogens with zero attached hydrogens (tertiary/aromatic N) is 3. The number of carbonyl (C=O) groups is 3. The Bertz CT molecular complexity index is 1710. The van der Waals surface area contributed by atoms with Gasteiger partial charge < -0.3 is 30.1 Å². The highest BCUT2D eigenvalue weighted by molar-refractivity contribution is 6.31. The van der Waals surface area contributed by atoms with Crippen molar-refractivity contribution in [3.05, 3.63) is 89.2 Å². The molecule has 11 nitrogen and oxygen atoms in total. The van der Waals surface area contributed by atoms with Gasteiger partial charge in [-0.05, 0) is 55.7 Å². The van der Waals surface area contributed by atoms with Crippen LogP contribution in [0.1, 0.15) is 36.8 Å². The minimum Gasteiger partial charge on any atom is -0.493 e. The summed E-state index contributed by atoms with van der Waals surface area (Å²) in [6.45, 7) is 3.85. The molecule has 240 valence electrons. The molecule has 3 N–H and O–H groups in total. The fourth-order valence-electron chi connectivity index (χ4n) is 5.16. The van der Waals surface area contributed by atoms with E-state index in [1.54, 1.807) is 21.8 Å². The molecule has 1 aliphatic rings. The second kappa shape index (κ2) is 15.3. The minimum absolute atomic E-state index is 0.00932. The fraction of sp³-hybridized carbons (Fsp3) is 0.294. The summed E-state index contributed by atoms with van der Waals surface area (Å²) in [5.74, 6) is 0.404. The van der Waals surface area contributed by atoms with Crippen molar-refractivity contribution in [2.45, 2.75) is 39.2 Å². The van der Waals surface area contributed by atoms with E-state index >= 15 is 0 Å². The molecule has 0 spiro atoms.